The fourth-order valence-electron chi connectivity index (χ4n) is 8.45. The minimum absolute atomic E-state index is 0.118. The molecular formula is C32H32N3O8+. The molecule has 2 amide bonds. The van der Waals surface area contributed by atoms with E-state index < -0.39 is 56.8 Å². The number of carbonyl (C=O) groups is 3. The Balaban J connectivity index is 1.41. The van der Waals surface area contributed by atoms with Crippen molar-refractivity contribution < 1.29 is 38.4 Å². The van der Waals surface area contributed by atoms with Gasteiger partial charge in [0, 0.05) is 31.4 Å². The minimum Gasteiger partial charge on any atom is -0.444 e. The quantitative estimate of drug-likeness (QED) is 0.291. The molecule has 11 nitrogen and oxygen atoms in total. The van der Waals surface area contributed by atoms with Crippen LogP contribution in [0.5, 0.6) is 0 Å². The van der Waals surface area contributed by atoms with E-state index in [1.807, 2.05) is 30.4 Å². The lowest BCUT2D eigenvalue weighted by Crippen LogP contribution is -2.76. The average molecular weight is 587 g/mol. The smallest absolute Gasteiger partial charge is 0.444 e. The molecule has 0 bridgehead atoms. The fraction of sp³-hybridized carbons (Fsp3) is 0.406. The number of hydrogen-bond acceptors (Lipinski definition) is 7. The van der Waals surface area contributed by atoms with Gasteiger partial charge in [-0.2, -0.15) is 9.28 Å². The molecular weight excluding hydrogens is 554 g/mol. The standard InChI is InChI=1S/C32H31N3O8/c1-31(2,3)43-29(37)33-13-12-22-25-26(33)28(36)27(25)35(30(38)39,16-17-8-10-20(11-9-17)34(40)41)32(22,42-4)23-15-19-14-18-6-5-7-21(23)24(18)19/h5-11,14-15,22,25-27H,12-13,16H2,1-4H3/p+1/t22?,25-,26+,27?,32?,35?/m1/s1. The number of piperidine rings is 1. The van der Waals surface area contributed by atoms with E-state index in [-0.39, 0.29) is 24.6 Å². The number of nitro benzene ring substituents is 1. The summed E-state index contributed by atoms with van der Waals surface area (Å²) in [6.07, 6.45) is 2.60. The molecule has 2 saturated heterocycles. The number of rotatable bonds is 5. The van der Waals surface area contributed by atoms with Gasteiger partial charge < -0.3 is 14.6 Å². The van der Waals surface area contributed by atoms with Crippen molar-refractivity contribution in [1.82, 2.24) is 4.90 Å². The number of Topliss-reactive ketones (excluding diaryl/α,β-unsaturated/α-hetero) is 1. The summed E-state index contributed by atoms with van der Waals surface area (Å²) in [5.74, 6) is -1.26. The summed E-state index contributed by atoms with van der Waals surface area (Å²) in [7, 11) is 1.50. The van der Waals surface area contributed by atoms with Crippen LogP contribution in [0.3, 0.4) is 0 Å². The summed E-state index contributed by atoms with van der Waals surface area (Å²) >= 11 is 0. The molecule has 2 aromatic rings. The van der Waals surface area contributed by atoms with Crippen LogP contribution < -0.4 is 0 Å². The maximum atomic E-state index is 14.2. The van der Waals surface area contributed by atoms with Crippen LogP contribution in [0.15, 0.2) is 48.5 Å². The Morgan fingerprint density at radius 3 is 2.51 bits per heavy atom. The molecule has 0 radical (unpaired) electrons. The van der Waals surface area contributed by atoms with Crippen LogP contribution in [0.4, 0.5) is 15.3 Å². The molecule has 2 aliphatic heterocycles. The summed E-state index contributed by atoms with van der Waals surface area (Å²) in [6.45, 7) is 5.35. The zero-order valence-corrected chi connectivity index (χ0v) is 24.3. The number of carbonyl (C=O) groups excluding carboxylic acids is 2. The van der Waals surface area contributed by atoms with Gasteiger partial charge in [-0.3, -0.25) is 19.8 Å². The monoisotopic (exact) mass is 586 g/mol. The number of allylic oxidation sites excluding steroid dienone is 2. The Kier molecular flexibility index (Phi) is 5.65. The molecule has 1 N–H and O–H groups in total. The molecule has 2 aromatic carbocycles. The number of amides is 2. The Hall–Kier alpha value is -4.35. The highest BCUT2D eigenvalue weighted by Gasteiger charge is 2.85. The molecule has 3 fully saturated rings. The number of methoxy groups -OCH3 is 1. The fourth-order valence-corrected chi connectivity index (χ4v) is 8.45. The third-order valence-electron chi connectivity index (χ3n) is 9.90. The van der Waals surface area contributed by atoms with Gasteiger partial charge in [0.05, 0.1) is 22.3 Å². The average Bonchev–Trinajstić information content (AvgIpc) is 3.40. The number of hydrogen-bond donors (Lipinski definition) is 1. The van der Waals surface area contributed by atoms with Gasteiger partial charge in [-0.05, 0) is 73.7 Å². The third-order valence-corrected chi connectivity index (χ3v) is 9.90. The van der Waals surface area contributed by atoms with Crippen molar-refractivity contribution in [1.29, 1.82) is 0 Å². The highest BCUT2D eigenvalue weighted by atomic mass is 16.6. The van der Waals surface area contributed by atoms with Gasteiger partial charge in [0.25, 0.3) is 5.69 Å². The molecule has 222 valence electrons. The van der Waals surface area contributed by atoms with Gasteiger partial charge in [-0.25, -0.2) is 4.79 Å². The van der Waals surface area contributed by atoms with Crippen molar-refractivity contribution in [3.05, 3.63) is 80.9 Å². The van der Waals surface area contributed by atoms with E-state index in [0.717, 1.165) is 22.3 Å². The minimum atomic E-state index is -1.49. The Labute approximate surface area is 247 Å². The second-order valence-corrected chi connectivity index (χ2v) is 13.0. The van der Waals surface area contributed by atoms with E-state index in [0.29, 0.717) is 17.6 Å². The topological polar surface area (TPSA) is 136 Å². The molecule has 7 rings (SSSR count). The van der Waals surface area contributed by atoms with Crippen molar-refractivity contribution in [2.24, 2.45) is 11.8 Å². The molecule has 0 aromatic heterocycles. The first kappa shape index (κ1) is 27.5. The largest absolute Gasteiger partial charge is 0.517 e. The number of benzene rings is 2. The van der Waals surface area contributed by atoms with Gasteiger partial charge in [0.1, 0.15) is 18.2 Å². The maximum Gasteiger partial charge on any atom is 0.517 e. The maximum absolute atomic E-state index is 14.2. The lowest BCUT2D eigenvalue weighted by Gasteiger charge is -2.50. The first-order valence-corrected chi connectivity index (χ1v) is 14.4. The molecule has 2 heterocycles. The van der Waals surface area contributed by atoms with Crippen molar-refractivity contribution in [2.45, 2.75) is 57.1 Å². The van der Waals surface area contributed by atoms with Gasteiger partial charge in [-0.15, -0.1) is 0 Å². The number of quaternary nitrogens is 1. The molecule has 4 unspecified atom stereocenters. The highest BCUT2D eigenvalue weighted by molar-refractivity contribution is 6.12. The molecule has 1 saturated carbocycles. The SMILES string of the molecule is COC1(C2=CC3=Cc4cccc2c43)C2CCN(C(=O)OC(C)(C)C)[C@@H]3C(=O)C([C@H]23)[N+]1(Cc1ccc([N+](=O)[O-])cc1)C(=O)O. The molecule has 43 heavy (non-hydrogen) atoms. The van der Waals surface area contributed by atoms with Crippen LogP contribution >= 0.6 is 0 Å². The predicted octanol–water partition coefficient (Wildman–Crippen LogP) is 5.09. The normalized spacial score (nSPS) is 31.3. The summed E-state index contributed by atoms with van der Waals surface area (Å²) in [5, 5.41) is 22.6. The Morgan fingerprint density at radius 2 is 1.88 bits per heavy atom. The Morgan fingerprint density at radius 1 is 1.16 bits per heavy atom. The first-order chi connectivity index (χ1) is 20.4. The van der Waals surface area contributed by atoms with Gasteiger partial charge in [-0.1, -0.05) is 18.2 Å². The van der Waals surface area contributed by atoms with E-state index >= 15 is 0 Å². The van der Waals surface area contributed by atoms with E-state index in [9.17, 15) is 29.6 Å². The van der Waals surface area contributed by atoms with Crippen molar-refractivity contribution >= 4 is 40.9 Å². The molecule has 11 heteroatoms. The molecule has 5 aliphatic rings. The lowest BCUT2D eigenvalue weighted by atomic mass is 9.63. The van der Waals surface area contributed by atoms with Crippen LogP contribution in [0.1, 0.15) is 49.4 Å². The Bertz CT molecular complexity index is 1690. The van der Waals surface area contributed by atoms with Gasteiger partial charge in [0.15, 0.2) is 6.04 Å². The summed E-state index contributed by atoms with van der Waals surface area (Å²) in [5.41, 5.74) is 2.82. The van der Waals surface area contributed by atoms with Gasteiger partial charge >= 0.3 is 12.2 Å². The van der Waals surface area contributed by atoms with Crippen LogP contribution in [0.25, 0.3) is 17.2 Å². The van der Waals surface area contributed by atoms with E-state index in [2.05, 4.69) is 0 Å². The van der Waals surface area contributed by atoms with Crippen LogP contribution in [-0.2, 0) is 20.8 Å². The molecule has 6 atom stereocenters. The van der Waals surface area contributed by atoms with E-state index in [4.69, 9.17) is 9.47 Å². The molecule has 0 spiro atoms. The first-order valence-electron chi connectivity index (χ1n) is 14.4. The van der Waals surface area contributed by atoms with Crippen LogP contribution in [0.2, 0.25) is 0 Å². The number of likely N-dealkylation sites (tertiary alicyclic amines) is 2. The van der Waals surface area contributed by atoms with Crippen LogP contribution in [0, 0.1) is 22.0 Å². The van der Waals surface area contributed by atoms with Crippen molar-refractivity contribution in [3.8, 4) is 0 Å². The van der Waals surface area contributed by atoms with E-state index in [1.165, 1.54) is 36.3 Å². The second-order valence-electron chi connectivity index (χ2n) is 13.0. The summed E-state index contributed by atoms with van der Waals surface area (Å²) in [6, 6.07) is 9.81. The number of carboxylic acid groups (broad SMARTS) is 1. The second kappa shape index (κ2) is 8.84. The van der Waals surface area contributed by atoms with Crippen molar-refractivity contribution in [3.63, 3.8) is 0 Å². The summed E-state index contributed by atoms with van der Waals surface area (Å²) < 4.78 is 11.4. The summed E-state index contributed by atoms with van der Waals surface area (Å²) in [4.78, 5) is 53.6. The number of ether oxygens (including phenoxy) is 2. The third kappa shape index (κ3) is 3.40. The number of ketones is 1. The number of non-ortho nitro benzene ring substituents is 1. The van der Waals surface area contributed by atoms with E-state index in [1.54, 1.807) is 20.8 Å². The zero-order valence-electron chi connectivity index (χ0n) is 24.3. The lowest BCUT2D eigenvalue weighted by molar-refractivity contribution is -0.941. The number of nitrogens with zero attached hydrogens (tertiary/aromatic N) is 3. The highest BCUT2D eigenvalue weighted by Crippen LogP contribution is 2.67. The van der Waals surface area contributed by atoms with Gasteiger partial charge in [0.2, 0.25) is 11.5 Å². The predicted molar refractivity (Wildman–Crippen MR) is 154 cm³/mol. The zero-order chi connectivity index (χ0) is 30.6. The van der Waals surface area contributed by atoms with Crippen molar-refractivity contribution in [2.75, 3.05) is 13.7 Å². The molecule has 3 aliphatic carbocycles. The van der Waals surface area contributed by atoms with Crippen LogP contribution in [-0.4, -0.2) is 74.4 Å². The number of nitro groups is 1.